The van der Waals surface area contributed by atoms with Gasteiger partial charge in [0.25, 0.3) is 0 Å². The summed E-state index contributed by atoms with van der Waals surface area (Å²) in [6, 6.07) is 12.1. The van der Waals surface area contributed by atoms with Gasteiger partial charge in [-0.3, -0.25) is 0 Å². The minimum absolute atomic E-state index is 0.877. The molecule has 0 spiro atoms. The summed E-state index contributed by atoms with van der Waals surface area (Å²) in [5.74, 6) is 0. The van der Waals surface area contributed by atoms with Gasteiger partial charge in [-0.2, -0.15) is 5.10 Å². The Balaban J connectivity index is 2.39. The largest absolute Gasteiger partial charge is 0.303 e. The van der Waals surface area contributed by atoms with Crippen molar-refractivity contribution in [3.05, 3.63) is 42.1 Å². The summed E-state index contributed by atoms with van der Waals surface area (Å²) in [6.07, 6.45) is 1.76. The van der Waals surface area contributed by atoms with Crippen molar-refractivity contribution in [2.45, 2.75) is 0 Å². The molecule has 76 valence electrons. The maximum Gasteiger partial charge on any atom is 0.0837 e. The molecule has 0 aliphatic heterocycles. The minimum atomic E-state index is 0.877. The fourth-order valence-electron chi connectivity index (χ4n) is 1.33. The molecule has 0 unspecified atom stereocenters. The number of benzene rings is 1. The molecule has 0 atom stereocenters. The number of fused-ring (bicyclic) bond motifs is 1. The summed E-state index contributed by atoms with van der Waals surface area (Å²) < 4.78 is 0. The number of nitrogens with zero attached hydrogens (tertiary/aromatic N) is 3. The Morgan fingerprint density at radius 1 is 1.13 bits per heavy atom. The normalized spacial score (nSPS) is 11.1. The van der Waals surface area contributed by atoms with Crippen molar-refractivity contribution in [1.82, 2.24) is 9.99 Å². The van der Waals surface area contributed by atoms with E-state index in [1.165, 1.54) is 0 Å². The second-order valence-electron chi connectivity index (χ2n) is 3.52. The average Bonchev–Trinajstić information content (AvgIpc) is 2.26. The number of hydrazone groups is 1. The van der Waals surface area contributed by atoms with Gasteiger partial charge in [0.2, 0.25) is 0 Å². The monoisotopic (exact) mass is 199 g/mol. The molecular formula is C12H13N3. The van der Waals surface area contributed by atoms with Gasteiger partial charge < -0.3 is 5.01 Å². The van der Waals surface area contributed by atoms with Crippen molar-refractivity contribution in [2.24, 2.45) is 5.10 Å². The number of hydrogen-bond donors (Lipinski definition) is 0. The highest BCUT2D eigenvalue weighted by molar-refractivity contribution is 5.84. The molecule has 2 rings (SSSR count). The third kappa shape index (κ3) is 2.31. The Morgan fingerprint density at radius 3 is 2.73 bits per heavy atom. The van der Waals surface area contributed by atoms with Crippen LogP contribution in [-0.2, 0) is 0 Å². The zero-order valence-electron chi connectivity index (χ0n) is 8.88. The van der Waals surface area contributed by atoms with E-state index in [1.807, 2.05) is 38.4 Å². The standard InChI is InChI=1S/C12H13N3/c1-15(2)13-9-11-8-7-10-5-3-4-6-12(10)14-11/h3-9H,1-2H3/b13-9+. The summed E-state index contributed by atoms with van der Waals surface area (Å²) in [7, 11) is 3.77. The fourth-order valence-corrected chi connectivity index (χ4v) is 1.33. The number of hydrogen-bond acceptors (Lipinski definition) is 3. The molecule has 0 aliphatic rings. The van der Waals surface area contributed by atoms with E-state index in [0.717, 1.165) is 16.6 Å². The predicted octanol–water partition coefficient (Wildman–Crippen LogP) is 2.13. The van der Waals surface area contributed by atoms with Gasteiger partial charge in [-0.1, -0.05) is 24.3 Å². The van der Waals surface area contributed by atoms with Crippen LogP contribution in [0.2, 0.25) is 0 Å². The second-order valence-corrected chi connectivity index (χ2v) is 3.52. The lowest BCUT2D eigenvalue weighted by atomic mass is 10.2. The van der Waals surface area contributed by atoms with Crippen molar-refractivity contribution in [3.63, 3.8) is 0 Å². The summed E-state index contributed by atoms with van der Waals surface area (Å²) in [4.78, 5) is 4.47. The third-order valence-corrected chi connectivity index (χ3v) is 2.04. The molecule has 0 amide bonds. The Bertz CT molecular complexity index is 489. The van der Waals surface area contributed by atoms with Gasteiger partial charge >= 0.3 is 0 Å². The first-order valence-electron chi connectivity index (χ1n) is 4.83. The van der Waals surface area contributed by atoms with Gasteiger partial charge in [0.05, 0.1) is 17.4 Å². The van der Waals surface area contributed by atoms with Gasteiger partial charge in [-0.15, -0.1) is 0 Å². The van der Waals surface area contributed by atoms with Crippen LogP contribution in [-0.4, -0.2) is 30.3 Å². The molecular weight excluding hydrogens is 186 g/mol. The highest BCUT2D eigenvalue weighted by atomic mass is 15.4. The number of aromatic nitrogens is 1. The van der Waals surface area contributed by atoms with E-state index in [4.69, 9.17) is 0 Å². The van der Waals surface area contributed by atoms with Gasteiger partial charge in [-0.05, 0) is 12.1 Å². The molecule has 3 nitrogen and oxygen atoms in total. The first kappa shape index (κ1) is 9.65. The smallest absolute Gasteiger partial charge is 0.0837 e. The molecule has 0 saturated carbocycles. The molecule has 0 saturated heterocycles. The van der Waals surface area contributed by atoms with Crippen LogP contribution in [0, 0.1) is 0 Å². The Hall–Kier alpha value is -1.90. The molecule has 0 N–H and O–H groups in total. The number of pyridine rings is 1. The minimum Gasteiger partial charge on any atom is -0.303 e. The summed E-state index contributed by atoms with van der Waals surface area (Å²) >= 11 is 0. The van der Waals surface area contributed by atoms with Gasteiger partial charge in [0, 0.05) is 19.5 Å². The van der Waals surface area contributed by atoms with E-state index >= 15 is 0 Å². The highest BCUT2D eigenvalue weighted by Gasteiger charge is 1.94. The van der Waals surface area contributed by atoms with Crippen LogP contribution in [0.4, 0.5) is 0 Å². The first-order valence-corrected chi connectivity index (χ1v) is 4.83. The van der Waals surface area contributed by atoms with E-state index in [9.17, 15) is 0 Å². The topological polar surface area (TPSA) is 28.5 Å². The van der Waals surface area contributed by atoms with Gasteiger partial charge in [0.15, 0.2) is 0 Å². The van der Waals surface area contributed by atoms with E-state index in [0.29, 0.717) is 0 Å². The van der Waals surface area contributed by atoms with E-state index in [2.05, 4.69) is 22.2 Å². The van der Waals surface area contributed by atoms with E-state index in [-0.39, 0.29) is 0 Å². The zero-order chi connectivity index (χ0) is 10.7. The molecule has 1 aromatic heterocycles. The van der Waals surface area contributed by atoms with Crippen LogP contribution in [0.3, 0.4) is 0 Å². The number of para-hydroxylation sites is 1. The predicted molar refractivity (Wildman–Crippen MR) is 63.0 cm³/mol. The van der Waals surface area contributed by atoms with Crippen LogP contribution < -0.4 is 0 Å². The van der Waals surface area contributed by atoms with E-state index in [1.54, 1.807) is 11.2 Å². The van der Waals surface area contributed by atoms with Crippen molar-refractivity contribution in [3.8, 4) is 0 Å². The summed E-state index contributed by atoms with van der Waals surface area (Å²) in [5, 5.41) is 7.05. The van der Waals surface area contributed by atoms with Crippen LogP contribution in [0.5, 0.6) is 0 Å². The van der Waals surface area contributed by atoms with Crippen LogP contribution in [0.15, 0.2) is 41.5 Å². The number of rotatable bonds is 2. The Kier molecular flexibility index (Phi) is 2.63. The summed E-state index contributed by atoms with van der Waals surface area (Å²) in [6.45, 7) is 0. The van der Waals surface area contributed by atoms with Crippen molar-refractivity contribution in [2.75, 3.05) is 14.1 Å². The lowest BCUT2D eigenvalue weighted by Crippen LogP contribution is -2.02. The molecule has 2 aromatic rings. The van der Waals surface area contributed by atoms with E-state index < -0.39 is 0 Å². The highest BCUT2D eigenvalue weighted by Crippen LogP contribution is 2.10. The van der Waals surface area contributed by atoms with Crippen LogP contribution >= 0.6 is 0 Å². The van der Waals surface area contributed by atoms with Crippen molar-refractivity contribution >= 4 is 17.1 Å². The van der Waals surface area contributed by atoms with Crippen molar-refractivity contribution in [1.29, 1.82) is 0 Å². The molecule has 3 heteroatoms. The van der Waals surface area contributed by atoms with Crippen LogP contribution in [0.25, 0.3) is 10.9 Å². The maximum atomic E-state index is 4.47. The second kappa shape index (κ2) is 4.09. The molecule has 15 heavy (non-hydrogen) atoms. The van der Waals surface area contributed by atoms with Crippen molar-refractivity contribution < 1.29 is 0 Å². The van der Waals surface area contributed by atoms with Gasteiger partial charge in [0.1, 0.15) is 0 Å². The average molecular weight is 199 g/mol. The maximum absolute atomic E-state index is 4.47. The summed E-state index contributed by atoms with van der Waals surface area (Å²) in [5.41, 5.74) is 1.88. The lowest BCUT2D eigenvalue weighted by molar-refractivity contribution is 0.440. The first-order chi connectivity index (χ1) is 7.25. The van der Waals surface area contributed by atoms with Gasteiger partial charge in [-0.25, -0.2) is 4.98 Å². The zero-order valence-corrected chi connectivity index (χ0v) is 8.88. The third-order valence-electron chi connectivity index (χ3n) is 2.04. The lowest BCUT2D eigenvalue weighted by Gasteiger charge is -2.02. The quantitative estimate of drug-likeness (QED) is 0.547. The molecule has 0 bridgehead atoms. The Labute approximate surface area is 89.1 Å². The SMILES string of the molecule is CN(C)/N=C/c1ccc2ccccc2n1. The molecule has 0 radical (unpaired) electrons. The Morgan fingerprint density at radius 2 is 1.93 bits per heavy atom. The molecule has 0 fully saturated rings. The molecule has 1 aromatic carbocycles. The molecule has 0 aliphatic carbocycles. The fraction of sp³-hybridized carbons (Fsp3) is 0.167. The molecule has 1 heterocycles. The van der Waals surface area contributed by atoms with Crippen LogP contribution in [0.1, 0.15) is 5.69 Å².